The number of amides is 2. The van der Waals surface area contributed by atoms with Crippen molar-refractivity contribution < 1.29 is 37.7 Å². The van der Waals surface area contributed by atoms with Gasteiger partial charge < -0.3 is 23.7 Å². The standard InChI is InChI=1S/C37H45FN4O7/c1-36(2,3)49-35(44)42-30(20-24-13-15-25(16-14-24)29-12-8-9-18-39-29)31(48-37(42,4)5)22-41(21-26-10-6-7-11-28(26)38)40-34(43)47-32-23-46-33-27(32)17-19-45-33/h6-16,18,27,30-33H,17,19-23H2,1-5H3,(H,40,43)/t27-,30-,31-,32-,33+/m0/s1. The van der Waals surface area contributed by atoms with E-state index in [1.54, 1.807) is 34.3 Å². The van der Waals surface area contributed by atoms with Crippen LogP contribution in [0, 0.1) is 11.7 Å². The van der Waals surface area contributed by atoms with Gasteiger partial charge in [-0.25, -0.2) is 19.0 Å². The van der Waals surface area contributed by atoms with Crippen LogP contribution in [-0.2, 0) is 36.6 Å². The highest BCUT2D eigenvalue weighted by Crippen LogP contribution is 2.37. The first kappa shape index (κ1) is 34.8. The first-order valence-electron chi connectivity index (χ1n) is 16.8. The molecule has 0 spiro atoms. The minimum atomic E-state index is -1.06. The van der Waals surface area contributed by atoms with Crippen molar-refractivity contribution in [1.82, 2.24) is 20.3 Å². The summed E-state index contributed by atoms with van der Waals surface area (Å²) >= 11 is 0. The van der Waals surface area contributed by atoms with Crippen LogP contribution in [0.1, 0.15) is 52.2 Å². The Morgan fingerprint density at radius 2 is 1.82 bits per heavy atom. The molecule has 6 rings (SSSR count). The number of hydrogen-bond acceptors (Lipinski definition) is 9. The highest BCUT2D eigenvalue weighted by molar-refractivity contribution is 5.70. The topological polar surface area (TPSA) is 112 Å². The molecule has 0 saturated carbocycles. The molecule has 0 aliphatic carbocycles. The lowest BCUT2D eigenvalue weighted by Gasteiger charge is -2.35. The van der Waals surface area contributed by atoms with Crippen LogP contribution in [0.25, 0.3) is 11.3 Å². The molecule has 262 valence electrons. The third-order valence-corrected chi connectivity index (χ3v) is 8.94. The molecular weight excluding hydrogens is 631 g/mol. The van der Waals surface area contributed by atoms with Gasteiger partial charge in [0.05, 0.1) is 37.0 Å². The summed E-state index contributed by atoms with van der Waals surface area (Å²) in [5.74, 6) is -0.453. The summed E-state index contributed by atoms with van der Waals surface area (Å²) in [5.41, 5.74) is 4.19. The SMILES string of the molecule is CC(C)(C)OC(=O)N1[C@@H](Cc2ccc(-c3ccccn3)cc2)[C@H](CN(Cc2ccccc2F)NC(=O)O[C@H]2CO[C@H]3OCC[C@H]32)OC1(C)C. The van der Waals surface area contributed by atoms with Gasteiger partial charge in [-0.3, -0.25) is 15.3 Å². The molecule has 1 aromatic heterocycles. The number of ether oxygens (including phenoxy) is 5. The molecule has 3 fully saturated rings. The highest BCUT2D eigenvalue weighted by Gasteiger charge is 2.52. The Kier molecular flexibility index (Phi) is 10.2. The van der Waals surface area contributed by atoms with E-state index >= 15 is 0 Å². The number of nitrogens with one attached hydrogen (secondary N) is 1. The Labute approximate surface area is 286 Å². The van der Waals surface area contributed by atoms with Crippen LogP contribution in [0.3, 0.4) is 0 Å². The van der Waals surface area contributed by atoms with E-state index in [2.05, 4.69) is 10.4 Å². The molecule has 3 aliphatic heterocycles. The van der Waals surface area contributed by atoms with Crippen molar-refractivity contribution in [3.05, 3.63) is 89.9 Å². The summed E-state index contributed by atoms with van der Waals surface area (Å²) in [6.45, 7) is 10.0. The van der Waals surface area contributed by atoms with E-state index in [9.17, 15) is 14.0 Å². The zero-order valence-electron chi connectivity index (χ0n) is 28.6. The van der Waals surface area contributed by atoms with Crippen LogP contribution >= 0.6 is 0 Å². The van der Waals surface area contributed by atoms with E-state index < -0.39 is 47.6 Å². The molecule has 1 N–H and O–H groups in total. The van der Waals surface area contributed by atoms with Crippen molar-refractivity contribution in [2.24, 2.45) is 5.92 Å². The molecule has 2 aromatic carbocycles. The van der Waals surface area contributed by atoms with Crippen molar-refractivity contribution in [3.63, 3.8) is 0 Å². The number of carbonyl (C=O) groups excluding carboxylic acids is 2. The fraction of sp³-hybridized carbons (Fsp3) is 0.486. The number of aromatic nitrogens is 1. The second kappa shape index (κ2) is 14.4. The average molecular weight is 677 g/mol. The molecule has 3 saturated heterocycles. The van der Waals surface area contributed by atoms with Crippen LogP contribution in [-0.4, -0.2) is 82.7 Å². The van der Waals surface area contributed by atoms with Crippen LogP contribution in [0.5, 0.6) is 0 Å². The summed E-state index contributed by atoms with van der Waals surface area (Å²) in [7, 11) is 0. The molecule has 5 atom stereocenters. The second-order valence-electron chi connectivity index (χ2n) is 14.2. The molecule has 0 bridgehead atoms. The Morgan fingerprint density at radius 3 is 2.53 bits per heavy atom. The smallest absolute Gasteiger partial charge is 0.422 e. The fourth-order valence-corrected chi connectivity index (χ4v) is 6.75. The molecule has 11 nitrogen and oxygen atoms in total. The maximum atomic E-state index is 14.9. The van der Waals surface area contributed by atoms with E-state index in [0.29, 0.717) is 18.6 Å². The minimum absolute atomic E-state index is 0.0241. The lowest BCUT2D eigenvalue weighted by atomic mass is 9.98. The van der Waals surface area contributed by atoms with Crippen LogP contribution in [0.2, 0.25) is 0 Å². The normalized spacial score (nSPS) is 24.6. The fourth-order valence-electron chi connectivity index (χ4n) is 6.75. The van der Waals surface area contributed by atoms with Gasteiger partial charge in [0.2, 0.25) is 0 Å². The number of pyridine rings is 1. The predicted molar refractivity (Wildman–Crippen MR) is 178 cm³/mol. The van der Waals surface area contributed by atoms with E-state index in [-0.39, 0.29) is 31.9 Å². The number of carbonyl (C=O) groups is 2. The number of hydrogen-bond donors (Lipinski definition) is 1. The van der Waals surface area contributed by atoms with Crippen LogP contribution in [0.4, 0.5) is 14.0 Å². The molecule has 0 unspecified atom stereocenters. The maximum absolute atomic E-state index is 14.9. The molecule has 2 amide bonds. The van der Waals surface area contributed by atoms with Gasteiger partial charge in [-0.1, -0.05) is 48.5 Å². The number of fused-ring (bicyclic) bond motifs is 1. The Bertz CT molecular complexity index is 1600. The number of benzene rings is 2. The number of rotatable bonds is 9. The molecule has 3 aromatic rings. The second-order valence-corrected chi connectivity index (χ2v) is 14.2. The van der Waals surface area contributed by atoms with Gasteiger partial charge in [0.25, 0.3) is 0 Å². The van der Waals surface area contributed by atoms with Gasteiger partial charge in [0, 0.05) is 30.4 Å². The molecular formula is C37H45FN4O7. The Hall–Kier alpha value is -4.10. The largest absolute Gasteiger partial charge is 0.444 e. The zero-order valence-corrected chi connectivity index (χ0v) is 28.6. The first-order chi connectivity index (χ1) is 23.4. The van der Waals surface area contributed by atoms with Crippen molar-refractivity contribution >= 4 is 12.2 Å². The Morgan fingerprint density at radius 1 is 1.06 bits per heavy atom. The maximum Gasteiger partial charge on any atom is 0.422 e. The lowest BCUT2D eigenvalue weighted by molar-refractivity contribution is -0.0909. The molecule has 12 heteroatoms. The predicted octanol–water partition coefficient (Wildman–Crippen LogP) is 6.08. The van der Waals surface area contributed by atoms with Crippen molar-refractivity contribution in [2.45, 2.75) is 89.9 Å². The van der Waals surface area contributed by atoms with Gasteiger partial charge in [-0.2, -0.15) is 0 Å². The molecule has 4 heterocycles. The highest BCUT2D eigenvalue weighted by atomic mass is 19.1. The van der Waals surface area contributed by atoms with Crippen LogP contribution in [0.15, 0.2) is 72.9 Å². The van der Waals surface area contributed by atoms with Crippen LogP contribution < -0.4 is 5.43 Å². The number of nitrogens with zero attached hydrogens (tertiary/aromatic N) is 3. The first-order valence-corrected chi connectivity index (χ1v) is 16.8. The summed E-state index contributed by atoms with van der Waals surface area (Å²) in [5, 5.41) is 1.58. The van der Waals surface area contributed by atoms with Crippen molar-refractivity contribution in [2.75, 3.05) is 19.8 Å². The Balaban J connectivity index is 1.26. The number of hydrazine groups is 1. The summed E-state index contributed by atoms with van der Waals surface area (Å²) in [6, 6.07) is 19.7. The summed E-state index contributed by atoms with van der Waals surface area (Å²) in [6.07, 6.45) is 0.245. The zero-order chi connectivity index (χ0) is 34.8. The molecule has 0 radical (unpaired) electrons. The van der Waals surface area contributed by atoms with Gasteiger partial charge >= 0.3 is 12.2 Å². The third-order valence-electron chi connectivity index (χ3n) is 8.94. The van der Waals surface area contributed by atoms with E-state index in [0.717, 1.165) is 23.2 Å². The average Bonchev–Trinajstić information content (AvgIpc) is 3.72. The summed E-state index contributed by atoms with van der Waals surface area (Å²) < 4.78 is 44.4. The van der Waals surface area contributed by atoms with E-state index in [1.807, 2.05) is 77.1 Å². The van der Waals surface area contributed by atoms with E-state index in [1.165, 1.54) is 6.07 Å². The monoisotopic (exact) mass is 676 g/mol. The summed E-state index contributed by atoms with van der Waals surface area (Å²) in [4.78, 5) is 33.2. The van der Waals surface area contributed by atoms with E-state index in [4.69, 9.17) is 23.7 Å². The van der Waals surface area contributed by atoms with Gasteiger partial charge in [-0.15, -0.1) is 0 Å². The molecule has 49 heavy (non-hydrogen) atoms. The number of halogens is 1. The van der Waals surface area contributed by atoms with Gasteiger partial charge in [0.1, 0.15) is 23.2 Å². The van der Waals surface area contributed by atoms with Crippen molar-refractivity contribution in [3.8, 4) is 11.3 Å². The third kappa shape index (κ3) is 8.38. The van der Waals surface area contributed by atoms with Crippen molar-refractivity contribution in [1.29, 1.82) is 0 Å². The molecule has 3 aliphatic rings. The minimum Gasteiger partial charge on any atom is -0.444 e. The lowest BCUT2D eigenvalue weighted by Crippen LogP contribution is -2.53. The van der Waals surface area contributed by atoms with Gasteiger partial charge in [0.15, 0.2) is 6.29 Å². The van der Waals surface area contributed by atoms with Gasteiger partial charge in [-0.05, 0) is 71.2 Å². The quantitative estimate of drug-likeness (QED) is 0.270.